The number of amides is 1. The van der Waals surface area contributed by atoms with E-state index < -0.39 is 0 Å². The maximum absolute atomic E-state index is 12.7. The van der Waals surface area contributed by atoms with Crippen molar-refractivity contribution < 1.29 is 4.79 Å². The van der Waals surface area contributed by atoms with E-state index in [4.69, 9.17) is 5.73 Å². The number of carbonyl (C=O) groups excluding carboxylic acids is 1. The average Bonchev–Trinajstić information content (AvgIpc) is 2.53. The largest absolute Gasteiger partial charge is 0.386 e. The maximum atomic E-state index is 12.7. The summed E-state index contributed by atoms with van der Waals surface area (Å²) in [4.78, 5) is 14.6. The summed E-state index contributed by atoms with van der Waals surface area (Å²) < 4.78 is 0. The van der Waals surface area contributed by atoms with Crippen LogP contribution in [-0.2, 0) is 0 Å². The van der Waals surface area contributed by atoms with Crippen LogP contribution in [0, 0.1) is 0 Å². The van der Waals surface area contributed by atoms with Crippen LogP contribution in [0.25, 0.3) is 0 Å². The van der Waals surface area contributed by atoms with E-state index in [-0.39, 0.29) is 11.9 Å². The van der Waals surface area contributed by atoms with E-state index in [9.17, 15) is 4.79 Å². The van der Waals surface area contributed by atoms with Crippen molar-refractivity contribution in [2.24, 2.45) is 5.73 Å². The second-order valence-corrected chi connectivity index (χ2v) is 5.70. The normalized spacial score (nSPS) is 21.0. The number of fused-ring (bicyclic) bond motifs is 1. The number of hydrogen-bond acceptors (Lipinski definition) is 5. The van der Waals surface area contributed by atoms with E-state index in [1.165, 1.54) is 0 Å². The molecule has 1 atom stereocenters. The Hall–Kier alpha value is -1.95. The molecule has 1 aromatic carbocycles. The monoisotopic (exact) mass is 289 g/mol. The molecule has 21 heavy (non-hydrogen) atoms. The second kappa shape index (κ2) is 5.81. The molecule has 0 bridgehead atoms. The van der Waals surface area contributed by atoms with Crippen molar-refractivity contribution in [3.8, 4) is 0 Å². The molecule has 6 heteroatoms. The number of nitrogens with one attached hydrogen (secondary N) is 3. The lowest BCUT2D eigenvalue weighted by molar-refractivity contribution is 0.0709. The van der Waals surface area contributed by atoms with Gasteiger partial charge in [-0.15, -0.1) is 0 Å². The number of likely N-dealkylation sites (tertiary alicyclic amines) is 1. The Labute approximate surface area is 125 Å². The van der Waals surface area contributed by atoms with Gasteiger partial charge in [0.15, 0.2) is 0 Å². The van der Waals surface area contributed by atoms with Gasteiger partial charge in [0.25, 0.3) is 5.91 Å². The minimum absolute atomic E-state index is 0.0665. The van der Waals surface area contributed by atoms with Gasteiger partial charge in [-0.3, -0.25) is 4.79 Å². The molecular formula is C15H23N5O. The first-order chi connectivity index (χ1) is 10.2. The molecule has 2 aliphatic rings. The molecule has 1 fully saturated rings. The predicted octanol–water partition coefficient (Wildman–Crippen LogP) is 1.13. The first-order valence-corrected chi connectivity index (χ1v) is 7.57. The fourth-order valence-electron chi connectivity index (χ4n) is 3.05. The maximum Gasteiger partial charge on any atom is 0.254 e. The number of benzene rings is 1. The van der Waals surface area contributed by atoms with Gasteiger partial charge < -0.3 is 26.6 Å². The van der Waals surface area contributed by atoms with Crippen LogP contribution in [0.2, 0.25) is 0 Å². The predicted molar refractivity (Wildman–Crippen MR) is 86.1 cm³/mol. The standard InChI is InChI=1S/C15H23N5O/c1-17-12-7-10(8-13-14(12)19-5-4-18-13)15(21)20-6-2-3-11(16)9-20/h7-8,11,17-19H,2-6,9,16H2,1H3/t11-/m1/s1. The van der Waals surface area contributed by atoms with Gasteiger partial charge >= 0.3 is 0 Å². The molecule has 0 saturated carbocycles. The number of carbonyl (C=O) groups is 1. The average molecular weight is 289 g/mol. The van der Waals surface area contributed by atoms with Crippen molar-refractivity contribution in [2.75, 3.05) is 49.2 Å². The van der Waals surface area contributed by atoms with Crippen LogP contribution < -0.4 is 21.7 Å². The van der Waals surface area contributed by atoms with E-state index >= 15 is 0 Å². The second-order valence-electron chi connectivity index (χ2n) is 5.70. The van der Waals surface area contributed by atoms with E-state index in [1.807, 2.05) is 24.1 Å². The first-order valence-electron chi connectivity index (χ1n) is 7.57. The van der Waals surface area contributed by atoms with Crippen LogP contribution in [-0.4, -0.2) is 50.1 Å². The molecule has 1 aromatic rings. The summed E-state index contributed by atoms with van der Waals surface area (Å²) >= 11 is 0. The van der Waals surface area contributed by atoms with Gasteiger partial charge in [0.1, 0.15) is 0 Å². The molecule has 0 aromatic heterocycles. The first kappa shape index (κ1) is 14.0. The summed E-state index contributed by atoms with van der Waals surface area (Å²) in [5.41, 5.74) is 9.66. The Morgan fingerprint density at radius 3 is 2.95 bits per heavy atom. The highest BCUT2D eigenvalue weighted by atomic mass is 16.2. The molecule has 114 valence electrons. The molecule has 6 nitrogen and oxygen atoms in total. The fourth-order valence-corrected chi connectivity index (χ4v) is 3.05. The molecule has 0 spiro atoms. The summed E-state index contributed by atoms with van der Waals surface area (Å²) in [6.07, 6.45) is 1.98. The van der Waals surface area contributed by atoms with Crippen LogP contribution in [0.1, 0.15) is 23.2 Å². The number of hydrogen-bond donors (Lipinski definition) is 4. The van der Waals surface area contributed by atoms with Crippen molar-refractivity contribution in [1.82, 2.24) is 4.90 Å². The zero-order valence-electron chi connectivity index (χ0n) is 12.4. The Morgan fingerprint density at radius 2 is 2.19 bits per heavy atom. The van der Waals surface area contributed by atoms with Crippen LogP contribution in [0.4, 0.5) is 17.1 Å². The Bertz CT molecular complexity index is 528. The lowest BCUT2D eigenvalue weighted by Gasteiger charge is -2.31. The summed E-state index contributed by atoms with van der Waals surface area (Å²) in [7, 11) is 1.87. The van der Waals surface area contributed by atoms with Crippen molar-refractivity contribution in [1.29, 1.82) is 0 Å². The molecule has 2 aliphatic heterocycles. The zero-order valence-corrected chi connectivity index (χ0v) is 12.4. The molecule has 5 N–H and O–H groups in total. The molecule has 2 heterocycles. The SMILES string of the molecule is CNc1cc(C(=O)N2CCC[C@@H](N)C2)cc2c1NCCN2. The summed E-state index contributed by atoms with van der Waals surface area (Å²) in [5.74, 6) is 0.0665. The van der Waals surface area contributed by atoms with Gasteiger partial charge in [-0.1, -0.05) is 0 Å². The van der Waals surface area contributed by atoms with E-state index in [2.05, 4.69) is 16.0 Å². The summed E-state index contributed by atoms with van der Waals surface area (Å²) in [6.45, 7) is 3.19. The molecular weight excluding hydrogens is 266 g/mol. The van der Waals surface area contributed by atoms with Crippen molar-refractivity contribution in [2.45, 2.75) is 18.9 Å². The quantitative estimate of drug-likeness (QED) is 0.656. The number of nitrogens with two attached hydrogens (primary N) is 1. The molecule has 1 saturated heterocycles. The summed E-state index contributed by atoms with van der Waals surface area (Å²) in [6, 6.07) is 3.95. The molecule has 0 radical (unpaired) electrons. The number of piperidine rings is 1. The highest BCUT2D eigenvalue weighted by Gasteiger charge is 2.24. The third kappa shape index (κ3) is 2.76. The lowest BCUT2D eigenvalue weighted by atomic mass is 10.0. The van der Waals surface area contributed by atoms with Gasteiger partial charge in [-0.2, -0.15) is 0 Å². The molecule has 0 unspecified atom stereocenters. The Kier molecular flexibility index (Phi) is 3.88. The smallest absolute Gasteiger partial charge is 0.254 e. The number of rotatable bonds is 2. The van der Waals surface area contributed by atoms with Crippen LogP contribution in [0.15, 0.2) is 12.1 Å². The number of nitrogens with zero attached hydrogens (tertiary/aromatic N) is 1. The van der Waals surface area contributed by atoms with Gasteiger partial charge in [0.2, 0.25) is 0 Å². The molecule has 3 rings (SSSR count). The van der Waals surface area contributed by atoms with E-state index in [1.54, 1.807) is 0 Å². The Morgan fingerprint density at radius 1 is 1.38 bits per heavy atom. The van der Waals surface area contributed by atoms with Crippen molar-refractivity contribution in [3.63, 3.8) is 0 Å². The third-order valence-corrected chi connectivity index (χ3v) is 4.14. The van der Waals surface area contributed by atoms with Gasteiger partial charge in [0.05, 0.1) is 17.1 Å². The summed E-state index contributed by atoms with van der Waals surface area (Å²) in [5, 5.41) is 9.88. The van der Waals surface area contributed by atoms with Crippen molar-refractivity contribution >= 4 is 23.0 Å². The minimum atomic E-state index is 0.0665. The lowest BCUT2D eigenvalue weighted by Crippen LogP contribution is -2.45. The topological polar surface area (TPSA) is 82.4 Å². The highest BCUT2D eigenvalue weighted by Crippen LogP contribution is 2.34. The zero-order chi connectivity index (χ0) is 14.8. The fraction of sp³-hybridized carbons (Fsp3) is 0.533. The molecule has 1 amide bonds. The van der Waals surface area contributed by atoms with Gasteiger partial charge in [-0.25, -0.2) is 0 Å². The van der Waals surface area contributed by atoms with Gasteiger partial charge in [-0.05, 0) is 25.0 Å². The van der Waals surface area contributed by atoms with E-state index in [0.717, 1.165) is 49.5 Å². The minimum Gasteiger partial charge on any atom is -0.386 e. The molecule has 0 aliphatic carbocycles. The number of anilines is 3. The van der Waals surface area contributed by atoms with Crippen LogP contribution in [0.3, 0.4) is 0 Å². The van der Waals surface area contributed by atoms with Crippen LogP contribution in [0.5, 0.6) is 0 Å². The van der Waals surface area contributed by atoms with E-state index in [0.29, 0.717) is 12.1 Å². The Balaban J connectivity index is 1.89. The third-order valence-electron chi connectivity index (χ3n) is 4.14. The van der Waals surface area contributed by atoms with Gasteiger partial charge in [0, 0.05) is 44.8 Å². The van der Waals surface area contributed by atoms with Crippen LogP contribution >= 0.6 is 0 Å². The van der Waals surface area contributed by atoms with Crippen molar-refractivity contribution in [3.05, 3.63) is 17.7 Å². The highest BCUT2D eigenvalue weighted by molar-refractivity contribution is 5.99.